The lowest BCUT2D eigenvalue weighted by Crippen LogP contribution is -2.37. The maximum Gasteiger partial charge on any atom is 0.329 e. The number of fused-ring (bicyclic) bond motifs is 1. The number of hydrogen-bond acceptors (Lipinski definition) is 6. The molecule has 8 nitrogen and oxygen atoms in total. The van der Waals surface area contributed by atoms with Crippen LogP contribution in [0.25, 0.3) is 0 Å². The molecular weight excluding hydrogens is 324 g/mol. The zero-order valence-electron chi connectivity index (χ0n) is 13.3. The van der Waals surface area contributed by atoms with E-state index in [1.54, 1.807) is 42.7 Å². The second kappa shape index (κ2) is 7.91. The van der Waals surface area contributed by atoms with Crippen molar-refractivity contribution in [3.8, 4) is 11.5 Å². The van der Waals surface area contributed by atoms with Crippen LogP contribution in [0, 0.1) is 0 Å². The Morgan fingerprint density at radius 3 is 2.80 bits per heavy atom. The molecule has 1 aliphatic heterocycles. The molecule has 2 N–H and O–H groups in total. The lowest BCUT2D eigenvalue weighted by atomic mass is 10.2. The van der Waals surface area contributed by atoms with Gasteiger partial charge in [-0.3, -0.25) is 14.6 Å². The van der Waals surface area contributed by atoms with Crippen molar-refractivity contribution in [1.82, 2.24) is 15.7 Å². The molecule has 128 valence electrons. The molecule has 2 aromatic rings. The van der Waals surface area contributed by atoms with Crippen LogP contribution in [-0.4, -0.2) is 36.2 Å². The minimum absolute atomic E-state index is 0.214. The van der Waals surface area contributed by atoms with Crippen molar-refractivity contribution in [2.24, 2.45) is 5.10 Å². The fraction of sp³-hybridized carbons (Fsp3) is 0.176. The lowest BCUT2D eigenvalue weighted by Gasteiger charge is -2.18. The van der Waals surface area contributed by atoms with Gasteiger partial charge in [-0.1, -0.05) is 6.07 Å². The first-order chi connectivity index (χ1) is 12.2. The van der Waals surface area contributed by atoms with E-state index in [0.29, 0.717) is 30.3 Å². The molecule has 0 radical (unpaired) electrons. The van der Waals surface area contributed by atoms with Crippen molar-refractivity contribution < 1.29 is 19.1 Å². The highest BCUT2D eigenvalue weighted by Gasteiger charge is 2.13. The van der Waals surface area contributed by atoms with Gasteiger partial charge in [0.05, 0.1) is 6.21 Å². The lowest BCUT2D eigenvalue weighted by molar-refractivity contribution is -0.139. The Morgan fingerprint density at radius 1 is 1.16 bits per heavy atom. The maximum absolute atomic E-state index is 11.7. The molecular formula is C17H16N4O4. The van der Waals surface area contributed by atoms with Gasteiger partial charge in [-0.05, 0) is 35.4 Å². The summed E-state index contributed by atoms with van der Waals surface area (Å²) in [6, 6.07) is 8.82. The third-order valence-corrected chi connectivity index (χ3v) is 3.33. The van der Waals surface area contributed by atoms with Crippen molar-refractivity contribution in [1.29, 1.82) is 0 Å². The number of hydrogen-bond donors (Lipinski definition) is 2. The second-order valence-electron chi connectivity index (χ2n) is 5.15. The second-order valence-corrected chi connectivity index (χ2v) is 5.15. The summed E-state index contributed by atoms with van der Waals surface area (Å²) in [6.45, 7) is 1.22. The molecule has 25 heavy (non-hydrogen) atoms. The van der Waals surface area contributed by atoms with E-state index in [9.17, 15) is 9.59 Å². The summed E-state index contributed by atoms with van der Waals surface area (Å²) in [6.07, 6.45) is 4.66. The number of carbonyl (C=O) groups is 2. The molecule has 2 amide bonds. The summed E-state index contributed by atoms with van der Waals surface area (Å²) in [5.41, 5.74) is 3.68. The average molecular weight is 340 g/mol. The zero-order valence-corrected chi connectivity index (χ0v) is 13.3. The number of aromatic nitrogens is 1. The van der Waals surface area contributed by atoms with E-state index in [1.165, 1.54) is 6.21 Å². The number of pyridine rings is 1. The molecule has 1 aromatic heterocycles. The number of amides is 2. The summed E-state index contributed by atoms with van der Waals surface area (Å²) >= 11 is 0. The monoisotopic (exact) mass is 340 g/mol. The van der Waals surface area contributed by atoms with Crippen LogP contribution in [0.3, 0.4) is 0 Å². The van der Waals surface area contributed by atoms with E-state index in [1.807, 2.05) is 0 Å². The molecule has 3 rings (SSSR count). The van der Waals surface area contributed by atoms with Gasteiger partial charge in [0.25, 0.3) is 0 Å². The van der Waals surface area contributed by atoms with Crippen molar-refractivity contribution in [3.63, 3.8) is 0 Å². The van der Waals surface area contributed by atoms with Crippen LogP contribution in [0.4, 0.5) is 0 Å². The van der Waals surface area contributed by atoms with Crippen molar-refractivity contribution in [2.45, 2.75) is 6.54 Å². The van der Waals surface area contributed by atoms with Crippen LogP contribution in [0.5, 0.6) is 11.5 Å². The number of nitrogens with one attached hydrogen (secondary N) is 2. The Morgan fingerprint density at radius 2 is 2.00 bits per heavy atom. The first-order valence-corrected chi connectivity index (χ1v) is 7.62. The Balaban J connectivity index is 1.49. The molecule has 8 heteroatoms. The number of ether oxygens (including phenoxy) is 2. The van der Waals surface area contributed by atoms with E-state index in [2.05, 4.69) is 20.8 Å². The molecule has 1 aromatic carbocycles. The molecule has 0 aliphatic carbocycles. The maximum atomic E-state index is 11.7. The number of benzene rings is 1. The van der Waals surface area contributed by atoms with E-state index in [-0.39, 0.29) is 6.54 Å². The third kappa shape index (κ3) is 4.54. The van der Waals surface area contributed by atoms with Gasteiger partial charge in [-0.15, -0.1) is 0 Å². The average Bonchev–Trinajstić information content (AvgIpc) is 2.66. The summed E-state index contributed by atoms with van der Waals surface area (Å²) < 4.78 is 10.9. The van der Waals surface area contributed by atoms with Crippen molar-refractivity contribution in [3.05, 3.63) is 53.9 Å². The SMILES string of the molecule is O=C(NCc1cccnc1)C(=O)NN=Cc1ccc2c(c1)OCCO2. The van der Waals surface area contributed by atoms with Gasteiger partial charge in [0.15, 0.2) is 11.5 Å². The van der Waals surface area contributed by atoms with E-state index >= 15 is 0 Å². The number of rotatable bonds is 4. The largest absolute Gasteiger partial charge is 0.486 e. The van der Waals surface area contributed by atoms with Crippen LogP contribution < -0.4 is 20.2 Å². The van der Waals surface area contributed by atoms with Crippen LogP contribution >= 0.6 is 0 Å². The first-order valence-electron chi connectivity index (χ1n) is 7.62. The van der Waals surface area contributed by atoms with E-state index in [4.69, 9.17) is 9.47 Å². The molecule has 0 bridgehead atoms. The molecule has 0 spiro atoms. The van der Waals surface area contributed by atoms with Crippen molar-refractivity contribution in [2.75, 3.05) is 13.2 Å². The first kappa shape index (κ1) is 16.4. The highest BCUT2D eigenvalue weighted by atomic mass is 16.6. The number of nitrogens with zero attached hydrogens (tertiary/aromatic N) is 2. The number of hydrazone groups is 1. The Labute approximate surface area is 143 Å². The van der Waals surface area contributed by atoms with E-state index < -0.39 is 11.8 Å². The predicted octanol–water partition coefficient (Wildman–Crippen LogP) is 0.619. The van der Waals surface area contributed by atoms with Gasteiger partial charge in [-0.25, -0.2) is 5.43 Å². The summed E-state index contributed by atoms with van der Waals surface area (Å²) in [5, 5.41) is 6.26. The van der Waals surface area contributed by atoms with Crippen LogP contribution in [0.2, 0.25) is 0 Å². The van der Waals surface area contributed by atoms with E-state index in [0.717, 1.165) is 5.56 Å². The molecule has 0 fully saturated rings. The summed E-state index contributed by atoms with van der Waals surface area (Å²) in [5.74, 6) is -0.334. The summed E-state index contributed by atoms with van der Waals surface area (Å²) in [4.78, 5) is 27.3. The highest BCUT2D eigenvalue weighted by Crippen LogP contribution is 2.30. The van der Waals surface area contributed by atoms with Crippen molar-refractivity contribution >= 4 is 18.0 Å². The van der Waals surface area contributed by atoms with Crippen LogP contribution in [0.1, 0.15) is 11.1 Å². The topological polar surface area (TPSA) is 102 Å². The van der Waals surface area contributed by atoms with Gasteiger partial charge in [0.1, 0.15) is 13.2 Å². The molecule has 2 heterocycles. The van der Waals surface area contributed by atoms with Gasteiger partial charge in [-0.2, -0.15) is 5.10 Å². The van der Waals surface area contributed by atoms with Crippen LogP contribution in [-0.2, 0) is 16.1 Å². The van der Waals surface area contributed by atoms with Gasteiger partial charge >= 0.3 is 11.8 Å². The summed E-state index contributed by atoms with van der Waals surface area (Å²) in [7, 11) is 0. The highest BCUT2D eigenvalue weighted by molar-refractivity contribution is 6.35. The van der Waals surface area contributed by atoms with Crippen LogP contribution in [0.15, 0.2) is 47.8 Å². The Kier molecular flexibility index (Phi) is 5.20. The standard InChI is InChI=1S/C17H16N4O4/c22-16(19-10-13-2-1-5-18-9-13)17(23)21-20-11-12-3-4-14-15(8-12)25-7-6-24-14/h1-5,8-9,11H,6-7,10H2,(H,19,22)(H,21,23). The minimum atomic E-state index is -0.849. The van der Waals surface area contributed by atoms with Gasteiger partial charge in [0.2, 0.25) is 0 Å². The fourth-order valence-electron chi connectivity index (χ4n) is 2.12. The molecule has 0 saturated carbocycles. The van der Waals surface area contributed by atoms with Gasteiger partial charge in [0, 0.05) is 18.9 Å². The molecule has 1 aliphatic rings. The third-order valence-electron chi connectivity index (χ3n) is 3.33. The molecule has 0 atom stereocenters. The smallest absolute Gasteiger partial charge is 0.329 e. The Hall–Kier alpha value is -3.42. The fourth-order valence-corrected chi connectivity index (χ4v) is 2.12. The van der Waals surface area contributed by atoms with Gasteiger partial charge < -0.3 is 14.8 Å². The molecule has 0 unspecified atom stereocenters. The normalized spacial score (nSPS) is 12.6. The quantitative estimate of drug-likeness (QED) is 0.483. The minimum Gasteiger partial charge on any atom is -0.486 e. The number of carbonyl (C=O) groups excluding carboxylic acids is 2. The predicted molar refractivity (Wildman–Crippen MR) is 89.3 cm³/mol. The Bertz CT molecular complexity index is 792. The molecule has 0 saturated heterocycles. The zero-order chi connectivity index (χ0) is 17.5.